The minimum absolute atomic E-state index is 0.0793. The Kier molecular flexibility index (Phi) is 4.83. The molecule has 1 N–H and O–H groups in total. The van der Waals surface area contributed by atoms with E-state index in [0.29, 0.717) is 18.1 Å². The van der Waals surface area contributed by atoms with Crippen molar-refractivity contribution in [2.75, 3.05) is 0 Å². The summed E-state index contributed by atoms with van der Waals surface area (Å²) in [5, 5.41) is 3.97. The van der Waals surface area contributed by atoms with E-state index in [-0.39, 0.29) is 12.3 Å². The number of hydrogen-bond acceptors (Lipinski definition) is 5. The topological polar surface area (TPSA) is 68.0 Å². The fraction of sp³-hybridized carbons (Fsp3) is 0.235. The Morgan fingerprint density at radius 3 is 2.87 bits per heavy atom. The van der Waals surface area contributed by atoms with Crippen LogP contribution in [0.5, 0.6) is 0 Å². The molecule has 1 aromatic carbocycles. The number of nitrogens with one attached hydrogen (secondary N) is 1. The summed E-state index contributed by atoms with van der Waals surface area (Å²) in [4.78, 5) is 21.7. The van der Waals surface area contributed by atoms with Crippen LogP contribution in [0.25, 0.3) is 11.5 Å². The maximum absolute atomic E-state index is 12.0. The number of nitrogens with zero attached hydrogens (tertiary/aromatic N) is 2. The summed E-state index contributed by atoms with van der Waals surface area (Å²) in [6.45, 7) is 2.57. The van der Waals surface area contributed by atoms with E-state index in [2.05, 4.69) is 22.2 Å². The van der Waals surface area contributed by atoms with E-state index in [9.17, 15) is 4.79 Å². The molecular formula is C17H17N3O2S. The largest absolute Gasteiger partial charge is 0.444 e. The lowest BCUT2D eigenvalue weighted by atomic mass is 10.2. The van der Waals surface area contributed by atoms with E-state index in [1.165, 1.54) is 6.26 Å². The molecule has 3 rings (SSSR count). The molecule has 2 aromatic heterocycles. The van der Waals surface area contributed by atoms with Gasteiger partial charge in [-0.15, -0.1) is 11.3 Å². The molecular weight excluding hydrogens is 310 g/mol. The monoisotopic (exact) mass is 327 g/mol. The molecule has 0 saturated heterocycles. The van der Waals surface area contributed by atoms with Crippen molar-refractivity contribution in [3.63, 3.8) is 0 Å². The third-order valence-electron chi connectivity index (χ3n) is 3.28. The van der Waals surface area contributed by atoms with Crippen molar-refractivity contribution in [1.29, 1.82) is 0 Å². The summed E-state index contributed by atoms with van der Waals surface area (Å²) in [5.74, 6) is 0.452. The number of aromatic nitrogens is 2. The molecule has 5 nitrogen and oxygen atoms in total. The smallest absolute Gasteiger partial charge is 0.226 e. The number of thiazole rings is 1. The van der Waals surface area contributed by atoms with Gasteiger partial charge in [-0.1, -0.05) is 25.1 Å². The van der Waals surface area contributed by atoms with E-state index in [0.717, 1.165) is 21.9 Å². The Labute approximate surface area is 138 Å². The minimum atomic E-state index is -0.0793. The van der Waals surface area contributed by atoms with Gasteiger partial charge >= 0.3 is 0 Å². The predicted octanol–water partition coefficient (Wildman–Crippen LogP) is 3.22. The molecule has 3 aromatic rings. The average Bonchev–Trinajstić information content (AvgIpc) is 3.23. The van der Waals surface area contributed by atoms with Crippen LogP contribution in [0.3, 0.4) is 0 Å². The number of rotatable bonds is 6. The molecule has 0 fully saturated rings. The van der Waals surface area contributed by atoms with Crippen LogP contribution in [0.4, 0.5) is 0 Å². The first-order valence-electron chi connectivity index (χ1n) is 7.44. The first-order chi connectivity index (χ1) is 11.2. The highest BCUT2D eigenvalue weighted by Crippen LogP contribution is 2.18. The highest BCUT2D eigenvalue weighted by molar-refractivity contribution is 7.11. The van der Waals surface area contributed by atoms with Gasteiger partial charge in [0, 0.05) is 16.6 Å². The van der Waals surface area contributed by atoms with Crippen LogP contribution in [0, 0.1) is 0 Å². The predicted molar refractivity (Wildman–Crippen MR) is 89.0 cm³/mol. The summed E-state index contributed by atoms with van der Waals surface area (Å²) in [5.41, 5.74) is 1.52. The van der Waals surface area contributed by atoms with Crippen LogP contribution >= 0.6 is 11.3 Å². The number of aryl methyl sites for hydroxylation is 1. The van der Waals surface area contributed by atoms with Gasteiger partial charge in [0.05, 0.1) is 23.7 Å². The molecule has 0 bridgehead atoms. The number of oxazole rings is 1. The molecule has 2 heterocycles. The number of carbonyl (C=O) groups excluding carboxylic acids is 1. The van der Waals surface area contributed by atoms with E-state index in [1.54, 1.807) is 11.3 Å². The van der Waals surface area contributed by atoms with Gasteiger partial charge < -0.3 is 9.73 Å². The minimum Gasteiger partial charge on any atom is -0.444 e. The van der Waals surface area contributed by atoms with Gasteiger partial charge in [-0.25, -0.2) is 9.97 Å². The summed E-state index contributed by atoms with van der Waals surface area (Å²) in [7, 11) is 0. The first kappa shape index (κ1) is 15.4. The maximum Gasteiger partial charge on any atom is 0.226 e. The van der Waals surface area contributed by atoms with Crippen LogP contribution in [-0.4, -0.2) is 15.9 Å². The van der Waals surface area contributed by atoms with Crippen LogP contribution < -0.4 is 5.32 Å². The zero-order chi connectivity index (χ0) is 16.1. The van der Waals surface area contributed by atoms with Gasteiger partial charge in [-0.05, 0) is 18.6 Å². The highest BCUT2D eigenvalue weighted by atomic mass is 32.1. The Morgan fingerprint density at radius 1 is 1.30 bits per heavy atom. The van der Waals surface area contributed by atoms with Crippen LogP contribution in [-0.2, 0) is 24.2 Å². The average molecular weight is 327 g/mol. The van der Waals surface area contributed by atoms with Crippen molar-refractivity contribution in [2.45, 2.75) is 26.3 Å². The molecule has 0 aliphatic heterocycles. The number of amides is 1. The summed E-state index contributed by atoms with van der Waals surface area (Å²) in [6, 6.07) is 9.62. The lowest BCUT2D eigenvalue weighted by Crippen LogP contribution is -2.24. The molecule has 0 saturated carbocycles. The number of benzene rings is 1. The number of hydrogen-bond donors (Lipinski definition) is 1. The van der Waals surface area contributed by atoms with E-state index in [1.807, 2.05) is 36.5 Å². The molecule has 0 spiro atoms. The lowest BCUT2D eigenvalue weighted by molar-refractivity contribution is -0.120. The molecule has 6 heteroatoms. The van der Waals surface area contributed by atoms with E-state index >= 15 is 0 Å². The summed E-state index contributed by atoms with van der Waals surface area (Å²) >= 11 is 1.62. The molecule has 0 aliphatic rings. The number of carbonyl (C=O) groups is 1. The fourth-order valence-corrected chi connectivity index (χ4v) is 2.91. The van der Waals surface area contributed by atoms with Crippen LogP contribution in [0.15, 0.2) is 47.2 Å². The molecule has 0 atom stereocenters. The van der Waals surface area contributed by atoms with Crippen molar-refractivity contribution >= 4 is 17.2 Å². The Balaban J connectivity index is 1.55. The molecule has 1 amide bonds. The third-order valence-corrected chi connectivity index (χ3v) is 4.42. The van der Waals surface area contributed by atoms with Crippen LogP contribution in [0.1, 0.15) is 22.5 Å². The van der Waals surface area contributed by atoms with Gasteiger partial charge in [0.15, 0.2) is 0 Å². The van der Waals surface area contributed by atoms with Crippen molar-refractivity contribution in [1.82, 2.24) is 15.3 Å². The zero-order valence-electron chi connectivity index (χ0n) is 12.8. The SMILES string of the molecule is CCc1ncc(CNC(=O)Cc2coc(-c3ccccc3)n2)s1. The summed E-state index contributed by atoms with van der Waals surface area (Å²) in [6.07, 6.45) is 4.47. The quantitative estimate of drug-likeness (QED) is 0.755. The van der Waals surface area contributed by atoms with Gasteiger partial charge in [-0.3, -0.25) is 4.79 Å². The molecule has 0 unspecified atom stereocenters. The second kappa shape index (κ2) is 7.19. The van der Waals surface area contributed by atoms with Crippen LogP contribution in [0.2, 0.25) is 0 Å². The summed E-state index contributed by atoms with van der Waals surface area (Å²) < 4.78 is 5.43. The second-order valence-electron chi connectivity index (χ2n) is 5.04. The Hall–Kier alpha value is -2.47. The third kappa shape index (κ3) is 4.04. The van der Waals surface area contributed by atoms with Gasteiger partial charge in [0.1, 0.15) is 6.26 Å². The molecule has 0 aliphatic carbocycles. The second-order valence-corrected chi connectivity index (χ2v) is 6.24. The lowest BCUT2D eigenvalue weighted by Gasteiger charge is -2.00. The Bertz CT molecular complexity index is 780. The van der Waals surface area contributed by atoms with Crippen molar-refractivity contribution in [3.8, 4) is 11.5 Å². The van der Waals surface area contributed by atoms with Gasteiger partial charge in [0.2, 0.25) is 11.8 Å². The molecule has 23 heavy (non-hydrogen) atoms. The van der Waals surface area contributed by atoms with Gasteiger partial charge in [0.25, 0.3) is 0 Å². The standard InChI is InChI=1S/C17H17N3O2S/c1-2-16-19-10-14(23-16)9-18-15(21)8-13-11-22-17(20-13)12-6-4-3-5-7-12/h3-7,10-11H,2,8-9H2,1H3,(H,18,21). The van der Waals surface area contributed by atoms with E-state index in [4.69, 9.17) is 4.42 Å². The fourth-order valence-electron chi connectivity index (χ4n) is 2.11. The van der Waals surface area contributed by atoms with E-state index < -0.39 is 0 Å². The maximum atomic E-state index is 12.0. The molecule has 0 radical (unpaired) electrons. The van der Waals surface area contributed by atoms with Crippen molar-refractivity contribution < 1.29 is 9.21 Å². The Morgan fingerprint density at radius 2 is 2.13 bits per heavy atom. The molecule has 118 valence electrons. The van der Waals surface area contributed by atoms with Crippen molar-refractivity contribution in [2.24, 2.45) is 0 Å². The first-order valence-corrected chi connectivity index (χ1v) is 8.26. The normalized spacial score (nSPS) is 10.7. The van der Waals surface area contributed by atoms with Crippen molar-refractivity contribution in [3.05, 3.63) is 58.4 Å². The van der Waals surface area contributed by atoms with Gasteiger partial charge in [-0.2, -0.15) is 0 Å². The zero-order valence-corrected chi connectivity index (χ0v) is 13.6. The highest BCUT2D eigenvalue weighted by Gasteiger charge is 2.10.